The monoisotopic (exact) mass is 610 g/mol. The second-order valence-corrected chi connectivity index (χ2v) is 11.2. The smallest absolute Gasteiger partial charge is 0.411 e. The second kappa shape index (κ2) is 12.0. The van der Waals surface area contributed by atoms with Gasteiger partial charge in [-0.05, 0) is 60.7 Å². The second-order valence-electron chi connectivity index (χ2n) is 10.8. The van der Waals surface area contributed by atoms with Gasteiger partial charge >= 0.3 is 6.09 Å². The predicted molar refractivity (Wildman–Crippen MR) is 159 cm³/mol. The van der Waals surface area contributed by atoms with E-state index >= 15 is 0 Å². The Morgan fingerprint density at radius 2 is 1.86 bits per heavy atom. The maximum Gasteiger partial charge on any atom is 0.411 e. The van der Waals surface area contributed by atoms with Crippen molar-refractivity contribution in [2.45, 2.75) is 38.6 Å². The topological polar surface area (TPSA) is 123 Å². The van der Waals surface area contributed by atoms with Gasteiger partial charge in [-0.25, -0.2) is 13.6 Å². The lowest BCUT2D eigenvalue weighted by Crippen LogP contribution is -2.38. The molecule has 1 aromatic heterocycles. The average Bonchev–Trinajstić information content (AvgIpc) is 2.96. The summed E-state index contributed by atoms with van der Waals surface area (Å²) in [6.45, 7) is 1.91. The Kier molecular flexibility index (Phi) is 8.36. The minimum absolute atomic E-state index is 0.129. The van der Waals surface area contributed by atoms with E-state index in [0.29, 0.717) is 47.5 Å². The third kappa shape index (κ3) is 6.03. The van der Waals surface area contributed by atoms with Crippen LogP contribution in [0.25, 0.3) is 16.7 Å². The van der Waals surface area contributed by atoms with Crippen LogP contribution >= 0.6 is 11.6 Å². The Balaban J connectivity index is 1.58. The molecule has 12 heteroatoms. The van der Waals surface area contributed by atoms with Gasteiger partial charge < -0.3 is 20.3 Å². The zero-order valence-electron chi connectivity index (χ0n) is 23.4. The first kappa shape index (κ1) is 30.0. The van der Waals surface area contributed by atoms with Gasteiger partial charge in [0.05, 0.1) is 22.3 Å². The predicted octanol–water partition coefficient (Wildman–Crippen LogP) is 6.20. The van der Waals surface area contributed by atoms with Gasteiger partial charge in [0.1, 0.15) is 5.82 Å². The van der Waals surface area contributed by atoms with E-state index in [0.717, 1.165) is 17.0 Å². The summed E-state index contributed by atoms with van der Waals surface area (Å²) in [7, 11) is 1.38. The molecule has 3 amide bonds. The van der Waals surface area contributed by atoms with Crippen LogP contribution in [0.1, 0.15) is 49.9 Å². The Labute approximate surface area is 250 Å². The van der Waals surface area contributed by atoms with Crippen molar-refractivity contribution in [2.24, 2.45) is 5.92 Å². The van der Waals surface area contributed by atoms with E-state index in [1.54, 1.807) is 30.0 Å². The van der Waals surface area contributed by atoms with Gasteiger partial charge in [0, 0.05) is 48.6 Å². The molecular weight excluding hydrogens is 582 g/mol. The molecule has 3 heterocycles. The third-order valence-corrected chi connectivity index (χ3v) is 8.27. The van der Waals surface area contributed by atoms with Crippen LogP contribution in [0.2, 0.25) is 5.02 Å². The third-order valence-electron chi connectivity index (χ3n) is 7.98. The maximum absolute atomic E-state index is 14.7. The number of nitrogens with zero attached hydrogens (tertiary/aromatic N) is 2. The van der Waals surface area contributed by atoms with E-state index in [2.05, 4.69) is 10.3 Å². The van der Waals surface area contributed by atoms with Crippen molar-refractivity contribution in [2.75, 3.05) is 23.8 Å². The summed E-state index contributed by atoms with van der Waals surface area (Å²) in [5, 5.41) is 12.1. The number of fused-ring (bicyclic) bond motifs is 4. The molecule has 9 nitrogen and oxygen atoms in total. The lowest BCUT2D eigenvalue weighted by molar-refractivity contribution is -0.129. The number of rotatable bonds is 3. The Bertz CT molecular complexity index is 1720. The molecule has 0 unspecified atom stereocenters. The Morgan fingerprint density at radius 1 is 1.09 bits per heavy atom. The van der Waals surface area contributed by atoms with Gasteiger partial charge in [-0.15, -0.1) is 0 Å². The highest BCUT2D eigenvalue weighted by Crippen LogP contribution is 2.38. The number of anilines is 2. The number of carboxylic acid groups (broad SMARTS) is 1. The van der Waals surface area contributed by atoms with E-state index in [9.17, 15) is 33.1 Å². The van der Waals surface area contributed by atoms with Crippen molar-refractivity contribution in [3.05, 3.63) is 86.8 Å². The lowest BCUT2D eigenvalue weighted by atomic mass is 9.92. The van der Waals surface area contributed by atoms with Gasteiger partial charge in [0.25, 0.3) is 0 Å². The molecular formula is C31H29ClF2N4O5. The largest absolute Gasteiger partial charge is 0.465 e. The lowest BCUT2D eigenvalue weighted by Gasteiger charge is -2.35. The first-order valence-corrected chi connectivity index (χ1v) is 14.1. The van der Waals surface area contributed by atoms with Crippen LogP contribution in [0.15, 0.2) is 53.3 Å². The number of amides is 3. The van der Waals surface area contributed by atoms with Crippen molar-refractivity contribution < 1.29 is 28.3 Å². The van der Waals surface area contributed by atoms with Crippen LogP contribution in [-0.2, 0) is 9.59 Å². The molecule has 43 heavy (non-hydrogen) atoms. The minimum atomic E-state index is -1.18. The van der Waals surface area contributed by atoms with Crippen LogP contribution in [-0.4, -0.2) is 46.5 Å². The summed E-state index contributed by atoms with van der Waals surface area (Å²) < 4.78 is 29.3. The summed E-state index contributed by atoms with van der Waals surface area (Å²) in [6, 6.07) is 9.40. The number of carbonyl (C=O) groups is 3. The maximum atomic E-state index is 14.7. The summed E-state index contributed by atoms with van der Waals surface area (Å²) in [6.07, 6.45) is 1.59. The number of benzene rings is 2. The van der Waals surface area contributed by atoms with Crippen molar-refractivity contribution in [1.82, 2.24) is 9.88 Å². The van der Waals surface area contributed by atoms with E-state index in [4.69, 9.17) is 11.6 Å². The molecule has 2 aliphatic heterocycles. The van der Waals surface area contributed by atoms with Crippen LogP contribution in [0.5, 0.6) is 0 Å². The molecule has 0 radical (unpaired) electrons. The molecule has 0 aliphatic carbocycles. The fourth-order valence-corrected chi connectivity index (χ4v) is 5.73. The van der Waals surface area contributed by atoms with E-state index in [1.807, 2.05) is 0 Å². The fraction of sp³-hybridized carbons (Fsp3) is 0.290. The SMILES string of the molecule is C[C@@H]1CCC[C@H](N2CCC(c3c(F)ccc(Cl)c3F)=CC2=O)c2cc(cc(=O)[nH]2)-c2ccc(N(C)C(=O)O)cc2NC1=O. The number of aromatic amines is 1. The Hall–Kier alpha value is -4.51. The average molecular weight is 611 g/mol. The molecule has 0 saturated heterocycles. The molecule has 2 aromatic carbocycles. The number of H-pyrrole nitrogens is 1. The first-order chi connectivity index (χ1) is 20.4. The van der Waals surface area contributed by atoms with Crippen molar-refractivity contribution in [3.8, 4) is 11.1 Å². The van der Waals surface area contributed by atoms with Gasteiger partial charge in [0.2, 0.25) is 17.4 Å². The molecule has 2 atom stereocenters. The molecule has 5 rings (SSSR count). The molecule has 0 saturated carbocycles. The van der Waals surface area contributed by atoms with Crippen molar-refractivity contribution in [3.63, 3.8) is 0 Å². The number of pyridine rings is 1. The number of halogens is 3. The molecule has 0 fully saturated rings. The number of aromatic nitrogens is 1. The molecule has 224 valence electrons. The van der Waals surface area contributed by atoms with E-state index in [1.165, 1.54) is 25.3 Å². The Morgan fingerprint density at radius 3 is 2.58 bits per heavy atom. The zero-order valence-corrected chi connectivity index (χ0v) is 24.2. The van der Waals surface area contributed by atoms with E-state index < -0.39 is 41.2 Å². The van der Waals surface area contributed by atoms with Crippen molar-refractivity contribution >= 4 is 46.5 Å². The first-order valence-electron chi connectivity index (χ1n) is 13.8. The van der Waals surface area contributed by atoms with Crippen LogP contribution < -0.4 is 15.8 Å². The molecule has 2 aliphatic rings. The summed E-state index contributed by atoms with van der Waals surface area (Å²) in [4.78, 5) is 56.5. The van der Waals surface area contributed by atoms with E-state index in [-0.39, 0.29) is 35.0 Å². The molecule has 0 spiro atoms. The minimum Gasteiger partial charge on any atom is -0.465 e. The highest BCUT2D eigenvalue weighted by Gasteiger charge is 2.31. The molecule has 3 N–H and O–H groups in total. The summed E-state index contributed by atoms with van der Waals surface area (Å²) in [5.74, 6) is -2.91. The highest BCUT2D eigenvalue weighted by atomic mass is 35.5. The number of hydrogen-bond acceptors (Lipinski definition) is 4. The number of hydrogen-bond donors (Lipinski definition) is 3. The number of carbonyl (C=O) groups excluding carboxylic acids is 2. The van der Waals surface area contributed by atoms with Crippen molar-refractivity contribution in [1.29, 1.82) is 0 Å². The van der Waals surface area contributed by atoms with Crippen LogP contribution in [0.3, 0.4) is 0 Å². The van der Waals surface area contributed by atoms with Gasteiger partial charge in [0.15, 0.2) is 5.82 Å². The van der Waals surface area contributed by atoms with Crippen LogP contribution in [0, 0.1) is 17.6 Å². The van der Waals surface area contributed by atoms with Gasteiger partial charge in [-0.2, -0.15) is 0 Å². The fourth-order valence-electron chi connectivity index (χ4n) is 5.57. The van der Waals surface area contributed by atoms with Crippen LogP contribution in [0.4, 0.5) is 25.0 Å². The normalized spacial score (nSPS) is 19.0. The number of nitrogens with one attached hydrogen (secondary N) is 2. The molecule has 2 bridgehead atoms. The quantitative estimate of drug-likeness (QED) is 0.305. The summed E-state index contributed by atoms with van der Waals surface area (Å²) >= 11 is 5.87. The summed E-state index contributed by atoms with van der Waals surface area (Å²) in [5.41, 5.74) is 1.50. The molecule has 3 aromatic rings. The highest BCUT2D eigenvalue weighted by molar-refractivity contribution is 6.31. The standard InChI is InChI=1S/C31H29ClF2N4O5/c1-16-4-3-5-25(38-11-10-17(14-27(38)40)28-22(33)9-8-21(32)29(28)34)24-12-18(13-26(39)35-24)20-7-6-19(37(2)31(42)43)15-23(20)36-30(16)41/h6-9,12-16,25H,3-5,10-11H2,1-2H3,(H,35,39)(H,36,41)(H,42,43)/t16-,25+/m1/s1. The van der Waals surface area contributed by atoms with Gasteiger partial charge in [-0.1, -0.05) is 31.0 Å². The zero-order chi connectivity index (χ0) is 31.0. The van der Waals surface area contributed by atoms with Gasteiger partial charge in [-0.3, -0.25) is 19.3 Å².